The maximum Gasteiger partial charge on any atom is 0.227 e. The Balaban J connectivity index is 1.96. The average molecular weight is 325 g/mol. The highest BCUT2D eigenvalue weighted by molar-refractivity contribution is 5.80. The predicted molar refractivity (Wildman–Crippen MR) is 93.5 cm³/mol. The third-order valence-electron chi connectivity index (χ3n) is 5.13. The molecule has 2 heterocycles. The Hall–Kier alpha value is -0.650. The molecule has 0 N–H and O–H groups in total. The second kappa shape index (κ2) is 8.45. The molecule has 0 aromatic carbocycles. The first-order valence-electron chi connectivity index (χ1n) is 9.18. The lowest BCUT2D eigenvalue weighted by Crippen LogP contribution is -2.58. The zero-order chi connectivity index (χ0) is 17.0. The van der Waals surface area contributed by atoms with Gasteiger partial charge in [0.05, 0.1) is 18.6 Å². The van der Waals surface area contributed by atoms with Crippen molar-refractivity contribution in [1.82, 2.24) is 14.7 Å². The molecule has 2 aliphatic rings. The summed E-state index contributed by atoms with van der Waals surface area (Å²) in [5.74, 6) is 1.18. The molecule has 2 saturated heterocycles. The summed E-state index contributed by atoms with van der Waals surface area (Å²) in [6, 6.07) is 0.735. The molecular weight excluding hydrogens is 290 g/mol. The molecule has 2 aliphatic heterocycles. The highest BCUT2D eigenvalue weighted by Crippen LogP contribution is 2.23. The minimum atomic E-state index is 0.174. The van der Waals surface area contributed by atoms with Crippen molar-refractivity contribution in [1.29, 1.82) is 0 Å². The van der Waals surface area contributed by atoms with Gasteiger partial charge in [0.25, 0.3) is 0 Å². The zero-order valence-corrected chi connectivity index (χ0v) is 15.6. The maximum atomic E-state index is 13.0. The molecule has 0 aromatic rings. The third kappa shape index (κ3) is 4.91. The van der Waals surface area contributed by atoms with Crippen molar-refractivity contribution in [3.05, 3.63) is 0 Å². The SMILES string of the molecule is COC[C@@H]1CN(CC(C)C)CCN1C(=O)[C@@H]1CCN(C(C)C)C1. The van der Waals surface area contributed by atoms with Gasteiger partial charge < -0.3 is 14.5 Å². The first-order valence-corrected chi connectivity index (χ1v) is 9.18. The van der Waals surface area contributed by atoms with Crippen molar-refractivity contribution >= 4 is 5.91 Å². The molecule has 2 rings (SSSR count). The van der Waals surface area contributed by atoms with Crippen LogP contribution in [-0.2, 0) is 9.53 Å². The second-order valence-electron chi connectivity index (χ2n) is 7.87. The maximum absolute atomic E-state index is 13.0. The van der Waals surface area contributed by atoms with Crippen LogP contribution in [0.4, 0.5) is 0 Å². The van der Waals surface area contributed by atoms with Gasteiger partial charge in [-0.1, -0.05) is 13.8 Å². The molecule has 1 amide bonds. The van der Waals surface area contributed by atoms with E-state index in [0.717, 1.165) is 45.7 Å². The van der Waals surface area contributed by atoms with Crippen LogP contribution in [-0.4, -0.2) is 85.7 Å². The van der Waals surface area contributed by atoms with Crippen LogP contribution >= 0.6 is 0 Å². The third-order valence-corrected chi connectivity index (χ3v) is 5.13. The van der Waals surface area contributed by atoms with Crippen molar-refractivity contribution in [3.63, 3.8) is 0 Å². The number of ether oxygens (including phenoxy) is 1. The Labute approximate surface area is 141 Å². The van der Waals surface area contributed by atoms with Crippen LogP contribution in [0.15, 0.2) is 0 Å². The van der Waals surface area contributed by atoms with Crippen molar-refractivity contribution in [2.75, 3.05) is 53.0 Å². The molecule has 0 spiro atoms. The number of methoxy groups -OCH3 is 1. The normalized spacial score (nSPS) is 27.3. The number of amides is 1. The van der Waals surface area contributed by atoms with Gasteiger partial charge >= 0.3 is 0 Å². The Morgan fingerprint density at radius 2 is 1.87 bits per heavy atom. The Morgan fingerprint density at radius 1 is 1.13 bits per heavy atom. The molecule has 0 aromatic heterocycles. The van der Waals surface area contributed by atoms with Crippen LogP contribution in [0.25, 0.3) is 0 Å². The summed E-state index contributed by atoms with van der Waals surface area (Å²) in [5, 5.41) is 0. The lowest BCUT2D eigenvalue weighted by Gasteiger charge is -2.42. The van der Waals surface area contributed by atoms with Gasteiger partial charge in [0.2, 0.25) is 5.91 Å². The van der Waals surface area contributed by atoms with Gasteiger partial charge in [-0.05, 0) is 32.7 Å². The average Bonchev–Trinajstić information content (AvgIpc) is 2.96. The van der Waals surface area contributed by atoms with Gasteiger partial charge in [-0.2, -0.15) is 0 Å². The van der Waals surface area contributed by atoms with Crippen molar-refractivity contribution < 1.29 is 9.53 Å². The molecule has 134 valence electrons. The lowest BCUT2D eigenvalue weighted by molar-refractivity contribution is -0.142. The molecule has 0 bridgehead atoms. The number of likely N-dealkylation sites (tertiary alicyclic amines) is 1. The highest BCUT2D eigenvalue weighted by Gasteiger charge is 2.37. The lowest BCUT2D eigenvalue weighted by atomic mass is 10.0. The summed E-state index contributed by atoms with van der Waals surface area (Å²) in [6.45, 7) is 15.4. The summed E-state index contributed by atoms with van der Waals surface area (Å²) in [7, 11) is 1.74. The van der Waals surface area contributed by atoms with E-state index in [1.165, 1.54) is 0 Å². The van der Waals surface area contributed by atoms with Crippen molar-refractivity contribution in [3.8, 4) is 0 Å². The largest absolute Gasteiger partial charge is 0.382 e. The topological polar surface area (TPSA) is 36.0 Å². The first-order chi connectivity index (χ1) is 10.9. The van der Waals surface area contributed by atoms with Crippen LogP contribution in [0.3, 0.4) is 0 Å². The molecule has 23 heavy (non-hydrogen) atoms. The number of carbonyl (C=O) groups is 1. The highest BCUT2D eigenvalue weighted by atomic mass is 16.5. The second-order valence-corrected chi connectivity index (χ2v) is 7.87. The zero-order valence-electron chi connectivity index (χ0n) is 15.6. The molecule has 0 radical (unpaired) electrons. The monoisotopic (exact) mass is 325 g/mol. The van der Waals surface area contributed by atoms with Crippen LogP contribution in [0, 0.1) is 11.8 Å². The van der Waals surface area contributed by atoms with Crippen LogP contribution in [0.2, 0.25) is 0 Å². The smallest absolute Gasteiger partial charge is 0.227 e. The van der Waals surface area contributed by atoms with E-state index in [-0.39, 0.29) is 12.0 Å². The van der Waals surface area contributed by atoms with Crippen molar-refractivity contribution in [2.45, 2.75) is 46.2 Å². The fourth-order valence-electron chi connectivity index (χ4n) is 3.92. The van der Waals surface area contributed by atoms with E-state index in [0.29, 0.717) is 24.5 Å². The van der Waals surface area contributed by atoms with E-state index in [2.05, 4.69) is 42.4 Å². The molecular formula is C18H35N3O2. The Morgan fingerprint density at radius 3 is 2.43 bits per heavy atom. The fraction of sp³-hybridized carbons (Fsp3) is 0.944. The minimum Gasteiger partial charge on any atom is -0.382 e. The predicted octanol–water partition coefficient (Wildman–Crippen LogP) is 1.53. The first kappa shape index (κ1) is 18.7. The van der Waals surface area contributed by atoms with Crippen LogP contribution in [0.5, 0.6) is 0 Å². The van der Waals surface area contributed by atoms with E-state index in [9.17, 15) is 4.79 Å². The Kier molecular flexibility index (Phi) is 6.86. The van der Waals surface area contributed by atoms with Gasteiger partial charge in [0.1, 0.15) is 0 Å². The molecule has 2 atom stereocenters. The summed E-state index contributed by atoms with van der Waals surface area (Å²) in [5.41, 5.74) is 0. The Bertz CT molecular complexity index is 386. The number of hydrogen-bond acceptors (Lipinski definition) is 4. The van der Waals surface area contributed by atoms with E-state index < -0.39 is 0 Å². The number of carbonyl (C=O) groups excluding carboxylic acids is 1. The standard InChI is InChI=1S/C18H35N3O2/c1-14(2)10-19-8-9-21(17(12-19)13-23-5)18(22)16-6-7-20(11-16)15(3)4/h14-17H,6-13H2,1-5H3/t16-,17+/m1/s1. The molecule has 5 heteroatoms. The quantitative estimate of drug-likeness (QED) is 0.742. The number of piperazine rings is 1. The summed E-state index contributed by atoms with van der Waals surface area (Å²) in [4.78, 5) is 20.0. The van der Waals surface area contributed by atoms with Crippen LogP contribution in [0.1, 0.15) is 34.1 Å². The molecule has 0 saturated carbocycles. The fourth-order valence-corrected chi connectivity index (χ4v) is 3.92. The van der Waals surface area contributed by atoms with E-state index in [1.807, 2.05) is 0 Å². The van der Waals surface area contributed by atoms with Gasteiger partial charge in [-0.15, -0.1) is 0 Å². The minimum absolute atomic E-state index is 0.174. The number of rotatable bonds is 6. The van der Waals surface area contributed by atoms with E-state index >= 15 is 0 Å². The summed E-state index contributed by atoms with van der Waals surface area (Å²) < 4.78 is 5.41. The van der Waals surface area contributed by atoms with Crippen molar-refractivity contribution in [2.24, 2.45) is 11.8 Å². The number of nitrogens with zero attached hydrogens (tertiary/aromatic N) is 3. The van der Waals surface area contributed by atoms with Gasteiger partial charge in [-0.25, -0.2) is 0 Å². The van der Waals surface area contributed by atoms with E-state index in [4.69, 9.17) is 4.74 Å². The molecule has 0 unspecified atom stereocenters. The summed E-state index contributed by atoms with van der Waals surface area (Å²) >= 11 is 0. The molecule has 5 nitrogen and oxygen atoms in total. The van der Waals surface area contributed by atoms with Crippen LogP contribution < -0.4 is 0 Å². The molecule has 0 aliphatic carbocycles. The van der Waals surface area contributed by atoms with Gasteiger partial charge in [0.15, 0.2) is 0 Å². The van der Waals surface area contributed by atoms with Gasteiger partial charge in [0, 0.05) is 45.9 Å². The van der Waals surface area contributed by atoms with Gasteiger partial charge in [-0.3, -0.25) is 9.69 Å². The van der Waals surface area contributed by atoms with E-state index in [1.54, 1.807) is 7.11 Å². The number of hydrogen-bond donors (Lipinski definition) is 0. The molecule has 2 fully saturated rings. The summed E-state index contributed by atoms with van der Waals surface area (Å²) in [6.07, 6.45) is 1.00.